The van der Waals surface area contributed by atoms with Gasteiger partial charge in [-0.15, -0.1) is 0 Å². The van der Waals surface area contributed by atoms with Crippen molar-refractivity contribution in [3.63, 3.8) is 0 Å². The van der Waals surface area contributed by atoms with E-state index in [9.17, 15) is 12.8 Å². The minimum atomic E-state index is -3.34. The first-order valence-corrected chi connectivity index (χ1v) is 11.6. The molecule has 3 nitrogen and oxygen atoms in total. The molecule has 0 unspecified atom stereocenters. The fourth-order valence-corrected chi connectivity index (χ4v) is 3.59. The summed E-state index contributed by atoms with van der Waals surface area (Å²) in [5.74, 6) is 0. The van der Waals surface area contributed by atoms with Crippen molar-refractivity contribution < 1.29 is 17.0 Å². The third-order valence-electron chi connectivity index (χ3n) is 4.70. The molecule has 0 fully saturated rings. The van der Waals surface area contributed by atoms with Crippen molar-refractivity contribution >= 4 is 31.7 Å². The molecular weight excluding hydrogens is 398 g/mol. The van der Waals surface area contributed by atoms with Gasteiger partial charge >= 0.3 is 0 Å². The van der Waals surface area contributed by atoms with Crippen molar-refractivity contribution in [1.29, 1.82) is 0 Å². The molecule has 0 saturated carbocycles. The first-order chi connectivity index (χ1) is 14.4. The predicted molar refractivity (Wildman–Crippen MR) is 122 cm³/mol. The van der Waals surface area contributed by atoms with Gasteiger partial charge in [0.15, 0.2) is 0 Å². The maximum atomic E-state index is 12.1. The molecule has 4 aromatic rings. The van der Waals surface area contributed by atoms with Crippen LogP contribution in [0.2, 0.25) is 0 Å². The molecule has 0 aliphatic carbocycles. The number of benzene rings is 4. The van der Waals surface area contributed by atoms with Crippen LogP contribution < -0.4 is 0 Å². The van der Waals surface area contributed by atoms with Gasteiger partial charge in [0, 0.05) is 6.42 Å². The molecule has 5 heteroatoms. The van der Waals surface area contributed by atoms with E-state index >= 15 is 0 Å². The molecule has 0 aliphatic rings. The Labute approximate surface area is 177 Å². The standard InChI is InChI=1S/C13H14O3S.C12H11F/c1-17(14,15)16-9-8-11-6-7-12-4-2-3-5-13(12)10-11;13-8-7-10-5-6-11-3-1-2-4-12(11)9-10/h2-7,10H,8-9H2,1H3;1-6,9H,7-8H2/i;13-1. The van der Waals surface area contributed by atoms with Gasteiger partial charge in [-0.05, 0) is 39.1 Å². The molecule has 0 spiro atoms. The van der Waals surface area contributed by atoms with Gasteiger partial charge < -0.3 is 0 Å². The largest absolute Gasteiger partial charge is 0.270 e. The number of alkyl halides is 1. The molecule has 0 N–H and O–H groups in total. The van der Waals surface area contributed by atoms with Crippen LogP contribution >= 0.6 is 0 Å². The van der Waals surface area contributed by atoms with Crippen LogP contribution in [-0.2, 0) is 27.1 Å². The van der Waals surface area contributed by atoms with Gasteiger partial charge in [-0.3, -0.25) is 8.57 Å². The van der Waals surface area contributed by atoms with Crippen LogP contribution in [0.4, 0.5) is 4.39 Å². The molecule has 156 valence electrons. The molecule has 0 bridgehead atoms. The number of halogens is 1. The van der Waals surface area contributed by atoms with Gasteiger partial charge in [-0.1, -0.05) is 84.9 Å². The third kappa shape index (κ3) is 6.65. The predicted octanol–water partition coefficient (Wildman–Crippen LogP) is 5.71. The fourth-order valence-electron chi connectivity index (χ4n) is 3.21. The molecule has 0 saturated heterocycles. The molecule has 0 radical (unpaired) electrons. The van der Waals surface area contributed by atoms with E-state index in [0.717, 1.165) is 22.8 Å². The number of hydrogen-bond acceptors (Lipinski definition) is 3. The van der Waals surface area contributed by atoms with Gasteiger partial charge in [-0.25, -0.2) is 0 Å². The molecule has 0 heterocycles. The second-order valence-electron chi connectivity index (χ2n) is 7.08. The van der Waals surface area contributed by atoms with E-state index < -0.39 is 10.1 Å². The van der Waals surface area contributed by atoms with Crippen LogP contribution in [-0.4, -0.2) is 28.0 Å². The maximum Gasteiger partial charge on any atom is 0.264 e. The van der Waals surface area contributed by atoms with E-state index in [0.29, 0.717) is 12.8 Å². The van der Waals surface area contributed by atoms with Gasteiger partial charge in [0.25, 0.3) is 10.1 Å². The highest BCUT2D eigenvalue weighted by Crippen LogP contribution is 2.17. The lowest BCUT2D eigenvalue weighted by Crippen LogP contribution is -2.06. The molecule has 0 aliphatic heterocycles. The SMILES string of the molecule is CS(=O)(=O)OCCc1ccc2ccccc2c1.[18F]CCc1ccc2ccccc2c1. The maximum absolute atomic E-state index is 12.1. The Hall–Kier alpha value is -2.76. The summed E-state index contributed by atoms with van der Waals surface area (Å²) in [6.07, 6.45) is 2.18. The number of aryl methyl sites for hydroxylation is 1. The summed E-state index contributed by atoms with van der Waals surface area (Å²) in [6, 6.07) is 28.4. The Bertz CT molecular complexity index is 1220. The monoisotopic (exact) mass is 423 g/mol. The smallest absolute Gasteiger partial charge is 0.264 e. The molecule has 4 rings (SSSR count). The Balaban J connectivity index is 0.000000177. The van der Waals surface area contributed by atoms with Crippen molar-refractivity contribution in [2.24, 2.45) is 0 Å². The Morgan fingerprint density at radius 1 is 0.700 bits per heavy atom. The van der Waals surface area contributed by atoms with Crippen molar-refractivity contribution in [2.75, 3.05) is 19.5 Å². The van der Waals surface area contributed by atoms with Gasteiger partial charge in [0.2, 0.25) is 0 Å². The lowest BCUT2D eigenvalue weighted by atomic mass is 10.1. The van der Waals surface area contributed by atoms with Crippen LogP contribution in [0.25, 0.3) is 21.5 Å². The van der Waals surface area contributed by atoms with Crippen LogP contribution in [0.1, 0.15) is 11.1 Å². The van der Waals surface area contributed by atoms with Gasteiger partial charge in [0.05, 0.1) is 19.5 Å². The first-order valence-electron chi connectivity index (χ1n) is 9.80. The quantitative estimate of drug-likeness (QED) is 0.373. The Morgan fingerprint density at radius 2 is 1.17 bits per heavy atom. The van der Waals surface area contributed by atoms with E-state index in [-0.39, 0.29) is 13.3 Å². The Kier molecular flexibility index (Phi) is 7.55. The normalized spacial score (nSPS) is 11.3. The van der Waals surface area contributed by atoms with Crippen molar-refractivity contribution in [1.82, 2.24) is 0 Å². The number of fused-ring (bicyclic) bond motifs is 2. The summed E-state index contributed by atoms with van der Waals surface area (Å²) in [5, 5.41) is 4.74. The van der Waals surface area contributed by atoms with Crippen LogP contribution in [0.15, 0.2) is 84.9 Å². The summed E-state index contributed by atoms with van der Waals surface area (Å²) in [5.41, 5.74) is 2.15. The van der Waals surface area contributed by atoms with Gasteiger partial charge in [-0.2, -0.15) is 8.42 Å². The van der Waals surface area contributed by atoms with Crippen molar-refractivity contribution in [2.45, 2.75) is 12.8 Å². The number of hydrogen-bond donors (Lipinski definition) is 0. The van der Waals surface area contributed by atoms with Crippen LogP contribution in [0.3, 0.4) is 0 Å². The Morgan fingerprint density at radius 3 is 1.63 bits per heavy atom. The topological polar surface area (TPSA) is 43.4 Å². The lowest BCUT2D eigenvalue weighted by Gasteiger charge is -2.04. The second-order valence-corrected chi connectivity index (χ2v) is 8.72. The van der Waals surface area contributed by atoms with Gasteiger partial charge in [0.1, 0.15) is 0 Å². The second kappa shape index (κ2) is 10.3. The molecule has 0 atom stereocenters. The zero-order valence-electron chi connectivity index (χ0n) is 16.9. The van der Waals surface area contributed by atoms with E-state index in [4.69, 9.17) is 4.18 Å². The van der Waals surface area contributed by atoms with E-state index in [1.165, 1.54) is 16.2 Å². The summed E-state index contributed by atoms with van der Waals surface area (Å²) in [6.45, 7) is -0.0878. The fraction of sp³-hybridized carbons (Fsp3) is 0.200. The summed E-state index contributed by atoms with van der Waals surface area (Å²) >= 11 is 0. The summed E-state index contributed by atoms with van der Waals surface area (Å²) < 4.78 is 38.4. The highest BCUT2D eigenvalue weighted by Gasteiger charge is 2.02. The van der Waals surface area contributed by atoms with E-state index in [1.54, 1.807) is 0 Å². The van der Waals surface area contributed by atoms with E-state index in [2.05, 4.69) is 24.3 Å². The summed E-state index contributed by atoms with van der Waals surface area (Å²) in [4.78, 5) is 0. The summed E-state index contributed by atoms with van der Waals surface area (Å²) in [7, 11) is -3.34. The highest BCUT2D eigenvalue weighted by atomic mass is 32.2. The average molecular weight is 424 g/mol. The van der Waals surface area contributed by atoms with Crippen LogP contribution in [0.5, 0.6) is 0 Å². The minimum absolute atomic E-state index is 0.192. The van der Waals surface area contributed by atoms with Crippen molar-refractivity contribution in [3.05, 3.63) is 96.1 Å². The van der Waals surface area contributed by atoms with Crippen LogP contribution in [0, 0.1) is 0 Å². The zero-order chi connectivity index (χ0) is 21.4. The molecule has 0 amide bonds. The average Bonchev–Trinajstić information content (AvgIpc) is 2.73. The highest BCUT2D eigenvalue weighted by molar-refractivity contribution is 7.85. The zero-order valence-corrected chi connectivity index (χ0v) is 17.7. The number of rotatable bonds is 6. The first kappa shape index (κ1) is 21.9. The van der Waals surface area contributed by atoms with E-state index in [1.807, 2.05) is 60.7 Å². The molecule has 30 heavy (non-hydrogen) atoms. The minimum Gasteiger partial charge on any atom is -0.270 e. The lowest BCUT2D eigenvalue weighted by molar-refractivity contribution is 0.326. The molecule has 4 aromatic carbocycles. The molecular formula is C25H25FO3S. The molecule has 0 aromatic heterocycles. The third-order valence-corrected chi connectivity index (χ3v) is 5.29. The van der Waals surface area contributed by atoms with Crippen molar-refractivity contribution in [3.8, 4) is 0 Å².